The highest BCUT2D eigenvalue weighted by atomic mass is 16.5. The number of nitrogens with zero attached hydrogens (tertiary/aromatic N) is 1. The van der Waals surface area contributed by atoms with Gasteiger partial charge >= 0.3 is 5.97 Å². The van der Waals surface area contributed by atoms with E-state index in [1.54, 1.807) is 7.11 Å². The van der Waals surface area contributed by atoms with Gasteiger partial charge in [0.25, 0.3) is 0 Å². The second-order valence-electron chi connectivity index (χ2n) is 4.19. The van der Waals surface area contributed by atoms with Crippen molar-refractivity contribution in [3.8, 4) is 5.75 Å². The Morgan fingerprint density at radius 1 is 1.39 bits per heavy atom. The summed E-state index contributed by atoms with van der Waals surface area (Å²) in [6, 6.07) is 7.67. The summed E-state index contributed by atoms with van der Waals surface area (Å²) in [5.41, 5.74) is 2.75. The minimum Gasteiger partial charge on any atom is -0.497 e. The van der Waals surface area contributed by atoms with Gasteiger partial charge in [0.2, 0.25) is 0 Å². The van der Waals surface area contributed by atoms with Crippen LogP contribution >= 0.6 is 0 Å². The van der Waals surface area contributed by atoms with Crippen LogP contribution in [-0.4, -0.2) is 23.2 Å². The standard InChI is InChI=1S/C14H15NO3/c1-9-10(3-6-14(16)17)7-11-8-12(18-2)4-5-13(11)15-9/h4-5,7-8H,3,6H2,1-2H3,(H,16,17). The molecule has 1 heterocycles. The minimum absolute atomic E-state index is 0.123. The summed E-state index contributed by atoms with van der Waals surface area (Å²) in [4.78, 5) is 15.1. The monoisotopic (exact) mass is 245 g/mol. The molecule has 4 heteroatoms. The van der Waals surface area contributed by atoms with Crippen LogP contribution in [0, 0.1) is 6.92 Å². The summed E-state index contributed by atoms with van der Waals surface area (Å²) in [6.45, 7) is 1.90. The molecule has 0 aliphatic carbocycles. The first-order valence-electron chi connectivity index (χ1n) is 5.76. The van der Waals surface area contributed by atoms with Crippen molar-refractivity contribution in [1.29, 1.82) is 0 Å². The normalized spacial score (nSPS) is 10.6. The molecule has 1 aromatic heterocycles. The van der Waals surface area contributed by atoms with Crippen LogP contribution < -0.4 is 4.74 Å². The van der Waals surface area contributed by atoms with Crippen LogP contribution in [0.3, 0.4) is 0 Å². The highest BCUT2D eigenvalue weighted by Gasteiger charge is 2.06. The highest BCUT2D eigenvalue weighted by molar-refractivity contribution is 5.81. The first-order chi connectivity index (χ1) is 8.60. The van der Waals surface area contributed by atoms with Gasteiger partial charge in [0, 0.05) is 17.5 Å². The van der Waals surface area contributed by atoms with Gasteiger partial charge in [-0.2, -0.15) is 0 Å². The topological polar surface area (TPSA) is 59.4 Å². The molecule has 94 valence electrons. The third-order valence-corrected chi connectivity index (χ3v) is 2.93. The summed E-state index contributed by atoms with van der Waals surface area (Å²) >= 11 is 0. The van der Waals surface area contributed by atoms with Gasteiger partial charge in [-0.1, -0.05) is 0 Å². The summed E-state index contributed by atoms with van der Waals surface area (Å²) < 4.78 is 5.17. The fraction of sp³-hybridized carbons (Fsp3) is 0.286. The molecule has 0 fully saturated rings. The van der Waals surface area contributed by atoms with Crippen molar-refractivity contribution < 1.29 is 14.6 Å². The Hall–Kier alpha value is -2.10. The molecule has 2 rings (SSSR count). The number of carboxylic acid groups (broad SMARTS) is 1. The maximum atomic E-state index is 10.6. The number of carboxylic acids is 1. The Morgan fingerprint density at radius 2 is 2.17 bits per heavy atom. The molecule has 1 N–H and O–H groups in total. The van der Waals surface area contributed by atoms with E-state index in [-0.39, 0.29) is 6.42 Å². The fourth-order valence-corrected chi connectivity index (χ4v) is 1.92. The van der Waals surface area contributed by atoms with Gasteiger partial charge < -0.3 is 9.84 Å². The minimum atomic E-state index is -0.792. The number of hydrogen-bond donors (Lipinski definition) is 1. The van der Waals surface area contributed by atoms with Gasteiger partial charge in [0.05, 0.1) is 12.6 Å². The Morgan fingerprint density at radius 3 is 2.83 bits per heavy atom. The number of ether oxygens (including phenoxy) is 1. The van der Waals surface area contributed by atoms with E-state index in [0.717, 1.165) is 27.9 Å². The molecule has 0 bridgehead atoms. The van der Waals surface area contributed by atoms with Gasteiger partial charge in [0.1, 0.15) is 5.75 Å². The third kappa shape index (κ3) is 2.59. The van der Waals surface area contributed by atoms with Crippen molar-refractivity contribution in [1.82, 2.24) is 4.98 Å². The quantitative estimate of drug-likeness (QED) is 0.899. The van der Waals surface area contributed by atoms with Crippen LogP contribution in [0.1, 0.15) is 17.7 Å². The van der Waals surface area contributed by atoms with Crippen molar-refractivity contribution >= 4 is 16.9 Å². The third-order valence-electron chi connectivity index (χ3n) is 2.93. The molecule has 18 heavy (non-hydrogen) atoms. The smallest absolute Gasteiger partial charge is 0.303 e. The first kappa shape index (κ1) is 12.4. The van der Waals surface area contributed by atoms with Crippen LogP contribution in [0.15, 0.2) is 24.3 Å². The first-order valence-corrected chi connectivity index (χ1v) is 5.76. The SMILES string of the molecule is COc1ccc2nc(C)c(CCC(=O)O)cc2c1. The number of hydrogen-bond acceptors (Lipinski definition) is 3. The lowest BCUT2D eigenvalue weighted by Crippen LogP contribution is -2.00. The van der Waals surface area contributed by atoms with Gasteiger partial charge in [-0.25, -0.2) is 0 Å². The second kappa shape index (κ2) is 5.04. The van der Waals surface area contributed by atoms with Crippen molar-refractivity contribution in [2.24, 2.45) is 0 Å². The van der Waals surface area contributed by atoms with Crippen molar-refractivity contribution in [3.05, 3.63) is 35.5 Å². The van der Waals surface area contributed by atoms with Crippen LogP contribution in [0.25, 0.3) is 10.9 Å². The lowest BCUT2D eigenvalue weighted by molar-refractivity contribution is -0.136. The van der Waals surface area contributed by atoms with Crippen molar-refractivity contribution in [3.63, 3.8) is 0 Å². The molecule has 0 saturated heterocycles. The summed E-state index contributed by atoms with van der Waals surface area (Å²) in [5.74, 6) is -0.0162. The van der Waals surface area contributed by atoms with Gasteiger partial charge in [-0.3, -0.25) is 9.78 Å². The van der Waals surface area contributed by atoms with Gasteiger partial charge in [-0.15, -0.1) is 0 Å². The molecule has 1 aromatic carbocycles. The lowest BCUT2D eigenvalue weighted by atomic mass is 10.1. The van der Waals surface area contributed by atoms with Gasteiger partial charge in [0.15, 0.2) is 0 Å². The van der Waals surface area contributed by atoms with E-state index in [2.05, 4.69) is 4.98 Å². The molecule has 0 saturated carbocycles. The molecule has 0 atom stereocenters. The highest BCUT2D eigenvalue weighted by Crippen LogP contribution is 2.22. The molecule has 4 nitrogen and oxygen atoms in total. The fourth-order valence-electron chi connectivity index (χ4n) is 1.92. The van der Waals surface area contributed by atoms with E-state index in [1.165, 1.54) is 0 Å². The van der Waals surface area contributed by atoms with Crippen LogP contribution in [-0.2, 0) is 11.2 Å². The van der Waals surface area contributed by atoms with Crippen molar-refractivity contribution in [2.75, 3.05) is 7.11 Å². The molecular weight excluding hydrogens is 230 g/mol. The maximum Gasteiger partial charge on any atom is 0.303 e. The van der Waals surface area contributed by atoms with Crippen LogP contribution in [0.4, 0.5) is 0 Å². The molecule has 0 amide bonds. The zero-order valence-corrected chi connectivity index (χ0v) is 10.4. The number of methoxy groups -OCH3 is 1. The summed E-state index contributed by atoms with van der Waals surface area (Å²) in [5, 5.41) is 9.69. The Bertz CT molecular complexity index is 593. The number of carbonyl (C=O) groups is 1. The van der Waals surface area contributed by atoms with E-state index >= 15 is 0 Å². The number of aromatic nitrogens is 1. The Balaban J connectivity index is 2.41. The number of rotatable bonds is 4. The summed E-state index contributed by atoms with van der Waals surface area (Å²) in [7, 11) is 1.62. The number of aliphatic carboxylic acids is 1. The maximum absolute atomic E-state index is 10.6. The Labute approximate surface area is 105 Å². The number of fused-ring (bicyclic) bond motifs is 1. The van der Waals surface area contributed by atoms with E-state index in [4.69, 9.17) is 9.84 Å². The van der Waals surface area contributed by atoms with Gasteiger partial charge in [-0.05, 0) is 43.2 Å². The molecule has 0 aliphatic heterocycles. The van der Waals surface area contributed by atoms with E-state index in [9.17, 15) is 4.79 Å². The van der Waals surface area contributed by atoms with Crippen LogP contribution in [0.5, 0.6) is 5.75 Å². The molecule has 0 aliphatic rings. The number of aryl methyl sites for hydroxylation is 2. The Kier molecular flexibility index (Phi) is 3.46. The average Bonchev–Trinajstić information content (AvgIpc) is 2.35. The molecule has 0 unspecified atom stereocenters. The molecule has 2 aromatic rings. The largest absolute Gasteiger partial charge is 0.497 e. The second-order valence-corrected chi connectivity index (χ2v) is 4.19. The summed E-state index contributed by atoms with van der Waals surface area (Å²) in [6.07, 6.45) is 0.624. The predicted molar refractivity (Wildman–Crippen MR) is 69.0 cm³/mol. The number of benzene rings is 1. The van der Waals surface area contributed by atoms with E-state index in [1.807, 2.05) is 31.2 Å². The molecule has 0 spiro atoms. The molecule has 0 radical (unpaired) electrons. The predicted octanol–water partition coefficient (Wildman–Crippen LogP) is 2.57. The van der Waals surface area contributed by atoms with Crippen LogP contribution in [0.2, 0.25) is 0 Å². The molecular formula is C14H15NO3. The average molecular weight is 245 g/mol. The number of pyridine rings is 1. The van der Waals surface area contributed by atoms with E-state index in [0.29, 0.717) is 6.42 Å². The van der Waals surface area contributed by atoms with Crippen molar-refractivity contribution in [2.45, 2.75) is 19.8 Å². The lowest BCUT2D eigenvalue weighted by Gasteiger charge is -2.07. The van der Waals surface area contributed by atoms with E-state index < -0.39 is 5.97 Å². The zero-order valence-electron chi connectivity index (χ0n) is 10.4. The zero-order chi connectivity index (χ0) is 13.1.